The Kier molecular flexibility index (Phi) is 6.01. The van der Waals surface area contributed by atoms with Crippen molar-refractivity contribution in [3.8, 4) is 0 Å². The summed E-state index contributed by atoms with van der Waals surface area (Å²) in [5, 5.41) is 5.48. The summed E-state index contributed by atoms with van der Waals surface area (Å²) in [6, 6.07) is 11.7. The number of furan rings is 1. The van der Waals surface area contributed by atoms with Crippen LogP contribution >= 0.6 is 0 Å². The van der Waals surface area contributed by atoms with Crippen molar-refractivity contribution in [2.45, 2.75) is 26.4 Å². The van der Waals surface area contributed by atoms with Gasteiger partial charge >= 0.3 is 6.03 Å². The monoisotopic (exact) mass is 329 g/mol. The number of hydrogen-bond acceptors (Lipinski definition) is 3. The van der Waals surface area contributed by atoms with E-state index in [2.05, 4.69) is 10.6 Å². The number of carbonyl (C=O) groups excluding carboxylic acids is 2. The maximum atomic E-state index is 12.6. The zero-order chi connectivity index (χ0) is 17.5. The summed E-state index contributed by atoms with van der Waals surface area (Å²) in [7, 11) is 1.69. The molecule has 24 heavy (non-hydrogen) atoms. The van der Waals surface area contributed by atoms with Crippen LogP contribution in [0.2, 0.25) is 0 Å². The molecule has 0 saturated heterocycles. The molecule has 0 aliphatic carbocycles. The van der Waals surface area contributed by atoms with Crippen LogP contribution in [0.15, 0.2) is 53.1 Å². The van der Waals surface area contributed by atoms with Gasteiger partial charge in [0, 0.05) is 12.7 Å². The Labute approximate surface area is 141 Å². The van der Waals surface area contributed by atoms with Crippen molar-refractivity contribution in [1.29, 1.82) is 0 Å². The van der Waals surface area contributed by atoms with Crippen molar-refractivity contribution in [2.75, 3.05) is 12.4 Å². The third kappa shape index (κ3) is 4.87. The molecule has 0 spiro atoms. The molecule has 1 aromatic heterocycles. The lowest BCUT2D eigenvalue weighted by Crippen LogP contribution is -2.51. The standard InChI is InChI=1S/C18H23N3O3/c1-13(2)16(17(22)21(3)12-15-10-7-11-24-15)20-18(23)19-14-8-5-4-6-9-14/h4-11,13,16H,12H2,1-3H3,(H2,19,20,23). The molecule has 1 atom stereocenters. The van der Waals surface area contributed by atoms with Crippen LogP contribution in [-0.2, 0) is 11.3 Å². The average Bonchev–Trinajstić information content (AvgIpc) is 3.05. The molecule has 0 fully saturated rings. The van der Waals surface area contributed by atoms with Crippen molar-refractivity contribution in [2.24, 2.45) is 5.92 Å². The molecule has 0 aliphatic rings. The molecule has 3 amide bonds. The number of nitrogens with zero attached hydrogens (tertiary/aromatic N) is 1. The number of hydrogen-bond donors (Lipinski definition) is 2. The second kappa shape index (κ2) is 8.19. The van der Waals surface area contributed by atoms with E-state index in [1.807, 2.05) is 38.1 Å². The summed E-state index contributed by atoms with van der Waals surface area (Å²) in [5.74, 6) is 0.491. The van der Waals surface area contributed by atoms with Crippen molar-refractivity contribution >= 4 is 17.6 Å². The zero-order valence-electron chi connectivity index (χ0n) is 14.2. The third-order valence-corrected chi connectivity index (χ3v) is 3.60. The van der Waals surface area contributed by atoms with Crippen LogP contribution in [0.1, 0.15) is 19.6 Å². The Bertz CT molecular complexity index is 653. The highest BCUT2D eigenvalue weighted by atomic mass is 16.3. The van der Waals surface area contributed by atoms with Gasteiger partial charge in [-0.3, -0.25) is 4.79 Å². The molecule has 2 rings (SSSR count). The van der Waals surface area contributed by atoms with Crippen LogP contribution in [0.4, 0.5) is 10.5 Å². The number of para-hydroxylation sites is 1. The molecule has 1 aromatic carbocycles. The van der Waals surface area contributed by atoms with Crippen LogP contribution in [0.3, 0.4) is 0 Å². The summed E-state index contributed by atoms with van der Waals surface area (Å²) >= 11 is 0. The van der Waals surface area contributed by atoms with E-state index >= 15 is 0 Å². The molecule has 0 saturated carbocycles. The molecule has 1 heterocycles. The van der Waals surface area contributed by atoms with Crippen LogP contribution < -0.4 is 10.6 Å². The highest BCUT2D eigenvalue weighted by molar-refractivity contribution is 5.93. The van der Waals surface area contributed by atoms with Crippen LogP contribution in [-0.4, -0.2) is 29.9 Å². The Morgan fingerprint density at radius 2 is 1.83 bits per heavy atom. The van der Waals surface area contributed by atoms with Crippen LogP contribution in [0.25, 0.3) is 0 Å². The molecular weight excluding hydrogens is 306 g/mol. The first kappa shape index (κ1) is 17.6. The second-order valence-corrected chi connectivity index (χ2v) is 5.96. The summed E-state index contributed by atoms with van der Waals surface area (Å²) in [6.07, 6.45) is 1.57. The van der Waals surface area contributed by atoms with Gasteiger partial charge in [0.1, 0.15) is 11.8 Å². The molecule has 0 bridgehead atoms. The number of benzene rings is 1. The SMILES string of the molecule is CC(C)C(NC(=O)Nc1ccccc1)C(=O)N(C)Cc1ccco1. The number of amides is 3. The fraction of sp³-hybridized carbons (Fsp3) is 0.333. The summed E-state index contributed by atoms with van der Waals surface area (Å²) < 4.78 is 5.26. The van der Waals surface area contributed by atoms with E-state index < -0.39 is 12.1 Å². The van der Waals surface area contributed by atoms with Gasteiger partial charge in [0.25, 0.3) is 0 Å². The van der Waals surface area contributed by atoms with Gasteiger partial charge in [-0.1, -0.05) is 32.0 Å². The number of carbonyl (C=O) groups is 2. The quantitative estimate of drug-likeness (QED) is 0.855. The van der Waals surface area contributed by atoms with E-state index in [1.165, 1.54) is 0 Å². The average molecular weight is 329 g/mol. The maximum absolute atomic E-state index is 12.6. The lowest BCUT2D eigenvalue weighted by molar-refractivity contribution is -0.133. The highest BCUT2D eigenvalue weighted by Gasteiger charge is 2.27. The molecule has 1 unspecified atom stereocenters. The topological polar surface area (TPSA) is 74.6 Å². The Morgan fingerprint density at radius 1 is 1.12 bits per heavy atom. The number of nitrogens with one attached hydrogen (secondary N) is 2. The first-order chi connectivity index (χ1) is 11.5. The van der Waals surface area contributed by atoms with E-state index in [0.29, 0.717) is 18.0 Å². The predicted octanol–water partition coefficient (Wildman–Crippen LogP) is 3.08. The molecule has 0 aliphatic heterocycles. The Balaban J connectivity index is 1.97. The van der Waals surface area contributed by atoms with Gasteiger partial charge in [-0.05, 0) is 30.2 Å². The van der Waals surface area contributed by atoms with Crippen molar-refractivity contribution in [1.82, 2.24) is 10.2 Å². The van der Waals surface area contributed by atoms with Crippen molar-refractivity contribution in [3.05, 3.63) is 54.5 Å². The summed E-state index contributed by atoms with van der Waals surface area (Å²) in [4.78, 5) is 26.3. The van der Waals surface area contributed by atoms with Gasteiger partial charge in [-0.15, -0.1) is 0 Å². The minimum Gasteiger partial charge on any atom is -0.467 e. The van der Waals surface area contributed by atoms with Gasteiger partial charge in [-0.25, -0.2) is 4.79 Å². The lowest BCUT2D eigenvalue weighted by atomic mass is 10.0. The molecule has 128 valence electrons. The largest absolute Gasteiger partial charge is 0.467 e. The number of likely N-dealkylation sites (N-methyl/N-ethyl adjacent to an activating group) is 1. The van der Waals surface area contributed by atoms with Crippen molar-refractivity contribution in [3.63, 3.8) is 0 Å². The molecule has 2 aromatic rings. The fourth-order valence-corrected chi connectivity index (χ4v) is 2.30. The smallest absolute Gasteiger partial charge is 0.319 e. The van der Waals surface area contributed by atoms with E-state index in [1.54, 1.807) is 36.4 Å². The van der Waals surface area contributed by atoms with Gasteiger partial charge in [-0.2, -0.15) is 0 Å². The fourth-order valence-electron chi connectivity index (χ4n) is 2.30. The minimum absolute atomic E-state index is 0.0434. The maximum Gasteiger partial charge on any atom is 0.319 e. The first-order valence-corrected chi connectivity index (χ1v) is 7.87. The van der Waals surface area contributed by atoms with E-state index in [0.717, 1.165) is 0 Å². The summed E-state index contributed by atoms with van der Waals surface area (Å²) in [5.41, 5.74) is 0.675. The molecule has 6 nitrogen and oxygen atoms in total. The molecular formula is C18H23N3O3. The minimum atomic E-state index is -0.617. The third-order valence-electron chi connectivity index (χ3n) is 3.60. The zero-order valence-corrected chi connectivity index (χ0v) is 14.2. The van der Waals surface area contributed by atoms with Gasteiger partial charge < -0.3 is 20.0 Å². The Morgan fingerprint density at radius 3 is 2.42 bits per heavy atom. The van der Waals surface area contributed by atoms with E-state index in [9.17, 15) is 9.59 Å². The Hall–Kier alpha value is -2.76. The van der Waals surface area contributed by atoms with Crippen molar-refractivity contribution < 1.29 is 14.0 Å². The number of rotatable bonds is 6. The number of anilines is 1. The van der Waals surface area contributed by atoms with Gasteiger partial charge in [0.2, 0.25) is 5.91 Å². The van der Waals surface area contributed by atoms with Gasteiger partial charge in [0.15, 0.2) is 0 Å². The normalized spacial score (nSPS) is 11.8. The molecule has 0 radical (unpaired) electrons. The van der Waals surface area contributed by atoms with Crippen LogP contribution in [0.5, 0.6) is 0 Å². The molecule has 2 N–H and O–H groups in total. The second-order valence-electron chi connectivity index (χ2n) is 5.96. The summed E-state index contributed by atoms with van der Waals surface area (Å²) in [6.45, 7) is 4.15. The first-order valence-electron chi connectivity index (χ1n) is 7.87. The van der Waals surface area contributed by atoms with Crippen LogP contribution in [0, 0.1) is 5.92 Å². The highest BCUT2D eigenvalue weighted by Crippen LogP contribution is 2.11. The van der Waals surface area contributed by atoms with Gasteiger partial charge in [0.05, 0.1) is 12.8 Å². The van der Waals surface area contributed by atoms with E-state index in [-0.39, 0.29) is 11.8 Å². The number of urea groups is 1. The predicted molar refractivity (Wildman–Crippen MR) is 92.4 cm³/mol. The van der Waals surface area contributed by atoms with E-state index in [4.69, 9.17) is 4.42 Å². The molecule has 6 heteroatoms. The lowest BCUT2D eigenvalue weighted by Gasteiger charge is -2.26.